The molecule has 0 spiro atoms. The first-order valence-electron chi connectivity index (χ1n) is 25.9. The molecule has 6 nitrogen and oxygen atoms in total. The predicted molar refractivity (Wildman–Crippen MR) is 274 cm³/mol. The van der Waals surface area contributed by atoms with E-state index in [1.165, 1.54) is 51.4 Å². The van der Waals surface area contributed by atoms with E-state index < -0.39 is 6.10 Å². The van der Waals surface area contributed by atoms with Gasteiger partial charge in [-0.1, -0.05) is 207 Å². The first-order valence-corrected chi connectivity index (χ1v) is 25.9. The maximum atomic E-state index is 12.8. The minimum absolute atomic E-state index is 0.0960. The van der Waals surface area contributed by atoms with Crippen molar-refractivity contribution in [3.63, 3.8) is 0 Å². The molecule has 1 unspecified atom stereocenters. The van der Waals surface area contributed by atoms with E-state index >= 15 is 0 Å². The molecule has 0 aromatic carbocycles. The molecule has 0 radical (unpaired) electrons. The highest BCUT2D eigenvalue weighted by atomic mass is 16.6. The average molecular weight is 887 g/mol. The third-order valence-electron chi connectivity index (χ3n) is 10.5. The van der Waals surface area contributed by atoms with Crippen molar-refractivity contribution in [2.24, 2.45) is 0 Å². The highest BCUT2D eigenvalue weighted by molar-refractivity contribution is 5.71. The Bertz CT molecular complexity index is 1340. The number of hydrogen-bond acceptors (Lipinski definition) is 6. The maximum absolute atomic E-state index is 12.8. The summed E-state index contributed by atoms with van der Waals surface area (Å²) in [6.45, 7) is 6.30. The molecule has 0 rings (SSSR count). The standard InChI is InChI=1S/C58H94O6/c1-4-7-10-13-16-18-20-22-24-26-28-29-31-32-34-36-38-40-42-45-48-51-57(60)63-54-55(53-62-56(59)50-47-44-15-12-9-6-3)64-58(61)52-49-46-43-41-39-37-35-33-30-27-25-23-21-19-17-14-11-8-5-2/h7-8,10-11,16-19,22-25,28-30,33,37,39,55H,4-6,9,12-15,20-21,26-27,31-32,34-36,38,40-54H2,1-3H3/b10-7-,11-8-,18-16-,19-17-,24-22-,25-23-,29-28-,33-30-,39-37-. The van der Waals surface area contributed by atoms with Crippen LogP contribution in [0.3, 0.4) is 0 Å². The van der Waals surface area contributed by atoms with E-state index in [4.69, 9.17) is 14.2 Å². The topological polar surface area (TPSA) is 78.9 Å². The fraction of sp³-hybridized carbons (Fsp3) is 0.638. The highest BCUT2D eigenvalue weighted by Gasteiger charge is 2.19. The lowest BCUT2D eigenvalue weighted by atomic mass is 10.1. The second-order valence-corrected chi connectivity index (χ2v) is 16.7. The number of ether oxygens (including phenoxy) is 3. The summed E-state index contributed by atoms with van der Waals surface area (Å²) < 4.78 is 16.7. The molecule has 0 aromatic heterocycles. The minimum Gasteiger partial charge on any atom is -0.462 e. The average Bonchev–Trinajstić information content (AvgIpc) is 3.29. The van der Waals surface area contributed by atoms with Gasteiger partial charge in [-0.3, -0.25) is 14.4 Å². The van der Waals surface area contributed by atoms with Gasteiger partial charge in [-0.2, -0.15) is 0 Å². The summed E-state index contributed by atoms with van der Waals surface area (Å²) in [5.74, 6) is -0.952. The van der Waals surface area contributed by atoms with Crippen molar-refractivity contribution in [1.82, 2.24) is 0 Å². The minimum atomic E-state index is -0.797. The van der Waals surface area contributed by atoms with Gasteiger partial charge in [0.1, 0.15) is 13.2 Å². The molecular weight excluding hydrogens is 793 g/mol. The fourth-order valence-electron chi connectivity index (χ4n) is 6.69. The molecule has 0 aromatic rings. The van der Waals surface area contributed by atoms with Crippen LogP contribution < -0.4 is 0 Å². The van der Waals surface area contributed by atoms with Crippen LogP contribution in [0.4, 0.5) is 0 Å². The van der Waals surface area contributed by atoms with Crippen molar-refractivity contribution in [2.75, 3.05) is 13.2 Å². The molecule has 0 fully saturated rings. The molecular formula is C58H94O6. The van der Waals surface area contributed by atoms with E-state index in [9.17, 15) is 14.4 Å². The van der Waals surface area contributed by atoms with Crippen LogP contribution in [0.25, 0.3) is 0 Å². The number of unbranched alkanes of at least 4 members (excludes halogenated alkanes) is 16. The lowest BCUT2D eigenvalue weighted by Crippen LogP contribution is -2.30. The van der Waals surface area contributed by atoms with E-state index in [1.54, 1.807) is 0 Å². The SMILES string of the molecule is CC/C=C\C/C=C\C/C=C\C/C=C\C/C=C\CCCCCC(=O)OC(COC(=O)CCCCCCCC)COC(=O)CCCCCCCCCC/C=C\C/C=C\C/C=C\C/C=C\CC. The molecule has 0 aliphatic carbocycles. The summed E-state index contributed by atoms with van der Waals surface area (Å²) in [5, 5.41) is 0. The van der Waals surface area contributed by atoms with Crippen LogP contribution in [-0.4, -0.2) is 37.2 Å². The van der Waals surface area contributed by atoms with Gasteiger partial charge in [0.15, 0.2) is 6.10 Å². The molecule has 0 saturated carbocycles. The third kappa shape index (κ3) is 49.1. The molecule has 6 heteroatoms. The summed E-state index contributed by atoms with van der Waals surface area (Å²) >= 11 is 0. The van der Waals surface area contributed by atoms with Crippen LogP contribution in [0.5, 0.6) is 0 Å². The second-order valence-electron chi connectivity index (χ2n) is 16.7. The largest absolute Gasteiger partial charge is 0.462 e. The number of allylic oxidation sites excluding steroid dienone is 18. The van der Waals surface area contributed by atoms with Gasteiger partial charge in [0, 0.05) is 19.3 Å². The lowest BCUT2D eigenvalue weighted by molar-refractivity contribution is -0.167. The Labute approximate surface area is 393 Å². The van der Waals surface area contributed by atoms with Gasteiger partial charge in [0.05, 0.1) is 0 Å². The van der Waals surface area contributed by atoms with Crippen molar-refractivity contribution >= 4 is 17.9 Å². The van der Waals surface area contributed by atoms with Crippen molar-refractivity contribution in [3.05, 3.63) is 109 Å². The molecule has 362 valence electrons. The zero-order valence-electron chi connectivity index (χ0n) is 41.3. The summed E-state index contributed by atoms with van der Waals surface area (Å²) in [4.78, 5) is 37.8. The van der Waals surface area contributed by atoms with Gasteiger partial charge in [0.2, 0.25) is 0 Å². The Morgan fingerprint density at radius 2 is 0.609 bits per heavy atom. The summed E-state index contributed by atoms with van der Waals surface area (Å²) in [7, 11) is 0. The quantitative estimate of drug-likeness (QED) is 0.0262. The van der Waals surface area contributed by atoms with Crippen molar-refractivity contribution in [2.45, 2.75) is 226 Å². The van der Waals surface area contributed by atoms with E-state index in [-0.39, 0.29) is 37.5 Å². The summed E-state index contributed by atoms with van der Waals surface area (Å²) in [6, 6.07) is 0. The number of esters is 3. The van der Waals surface area contributed by atoms with Crippen LogP contribution >= 0.6 is 0 Å². The molecule has 0 N–H and O–H groups in total. The Balaban J connectivity index is 4.30. The highest BCUT2D eigenvalue weighted by Crippen LogP contribution is 2.13. The van der Waals surface area contributed by atoms with Crippen LogP contribution in [-0.2, 0) is 28.6 Å². The first kappa shape index (κ1) is 60.1. The van der Waals surface area contributed by atoms with Crippen LogP contribution in [0, 0.1) is 0 Å². The molecule has 0 saturated heterocycles. The zero-order chi connectivity index (χ0) is 46.5. The molecule has 64 heavy (non-hydrogen) atoms. The van der Waals surface area contributed by atoms with Crippen molar-refractivity contribution in [3.8, 4) is 0 Å². The second kappa shape index (κ2) is 51.7. The maximum Gasteiger partial charge on any atom is 0.306 e. The van der Waals surface area contributed by atoms with E-state index in [1.807, 2.05) is 0 Å². The van der Waals surface area contributed by atoms with Crippen LogP contribution in [0.2, 0.25) is 0 Å². The van der Waals surface area contributed by atoms with E-state index in [0.717, 1.165) is 128 Å². The fourth-order valence-corrected chi connectivity index (χ4v) is 6.69. The third-order valence-corrected chi connectivity index (χ3v) is 10.5. The molecule has 1 atom stereocenters. The number of carbonyl (C=O) groups excluding carboxylic acids is 3. The molecule has 0 heterocycles. The van der Waals surface area contributed by atoms with Gasteiger partial charge >= 0.3 is 17.9 Å². The molecule has 0 aliphatic rings. The van der Waals surface area contributed by atoms with Gasteiger partial charge in [-0.15, -0.1) is 0 Å². The number of hydrogen-bond donors (Lipinski definition) is 0. The summed E-state index contributed by atoms with van der Waals surface area (Å²) in [5.41, 5.74) is 0. The Morgan fingerprint density at radius 3 is 0.969 bits per heavy atom. The number of rotatable bonds is 45. The molecule has 0 amide bonds. The van der Waals surface area contributed by atoms with Gasteiger partial charge in [-0.05, 0) is 103 Å². The van der Waals surface area contributed by atoms with Crippen LogP contribution in [0.1, 0.15) is 220 Å². The molecule has 0 bridgehead atoms. The Hall–Kier alpha value is -3.93. The first-order chi connectivity index (χ1) is 31.5. The van der Waals surface area contributed by atoms with E-state index in [0.29, 0.717) is 12.8 Å². The normalized spacial score (nSPS) is 13.0. The van der Waals surface area contributed by atoms with Crippen LogP contribution in [0.15, 0.2) is 109 Å². The Morgan fingerprint density at radius 1 is 0.328 bits per heavy atom. The molecule has 0 aliphatic heterocycles. The van der Waals surface area contributed by atoms with Gasteiger partial charge in [-0.25, -0.2) is 0 Å². The van der Waals surface area contributed by atoms with Gasteiger partial charge < -0.3 is 14.2 Å². The Kier molecular flexibility index (Phi) is 48.5. The smallest absolute Gasteiger partial charge is 0.306 e. The van der Waals surface area contributed by atoms with Crippen molar-refractivity contribution in [1.29, 1.82) is 0 Å². The zero-order valence-corrected chi connectivity index (χ0v) is 41.3. The lowest BCUT2D eigenvalue weighted by Gasteiger charge is -2.18. The number of carbonyl (C=O) groups is 3. The van der Waals surface area contributed by atoms with Gasteiger partial charge in [0.25, 0.3) is 0 Å². The predicted octanol–water partition coefficient (Wildman–Crippen LogP) is 17.1. The summed E-state index contributed by atoms with van der Waals surface area (Å²) in [6.07, 6.45) is 69.5. The monoisotopic (exact) mass is 887 g/mol. The van der Waals surface area contributed by atoms with Crippen molar-refractivity contribution < 1.29 is 28.6 Å². The van der Waals surface area contributed by atoms with E-state index in [2.05, 4.69) is 130 Å².